The zero-order valence-corrected chi connectivity index (χ0v) is 10.1. The molecule has 86 valence electrons. The quantitative estimate of drug-likeness (QED) is 0.685. The average Bonchev–Trinajstić information content (AvgIpc) is 2.04. The first-order valence-corrected chi connectivity index (χ1v) is 5.77. The van der Waals surface area contributed by atoms with Gasteiger partial charge in [-0.1, -0.05) is 0 Å². The van der Waals surface area contributed by atoms with Gasteiger partial charge in [0.15, 0.2) is 6.29 Å². The van der Waals surface area contributed by atoms with E-state index in [1.165, 1.54) is 14.2 Å². The van der Waals surface area contributed by atoms with Crippen LogP contribution in [0.1, 0.15) is 20.8 Å². The van der Waals surface area contributed by atoms with Crippen LogP contribution in [-0.4, -0.2) is 40.2 Å². The number of sulfonamides is 1. The number of rotatable bonds is 5. The van der Waals surface area contributed by atoms with Gasteiger partial charge in [0.05, 0.1) is 11.3 Å². The van der Waals surface area contributed by atoms with E-state index >= 15 is 0 Å². The predicted octanol–water partition coefficient (Wildman–Crippen LogP) is 0.323. The molecule has 0 aliphatic carbocycles. The summed E-state index contributed by atoms with van der Waals surface area (Å²) < 4.78 is 34.5. The molecule has 0 saturated carbocycles. The third kappa shape index (κ3) is 3.91. The smallest absolute Gasteiger partial charge is 0.216 e. The number of ether oxygens (including phenoxy) is 2. The minimum Gasteiger partial charge on any atom is -0.355 e. The first kappa shape index (κ1) is 13.8. The Bertz CT molecular complexity index is 251. The maximum Gasteiger partial charge on any atom is 0.216 e. The monoisotopic (exact) mass is 225 g/mol. The van der Waals surface area contributed by atoms with E-state index in [9.17, 15) is 8.42 Å². The summed E-state index contributed by atoms with van der Waals surface area (Å²) in [6.45, 7) is 5.00. The van der Waals surface area contributed by atoms with Gasteiger partial charge in [0.1, 0.15) is 0 Å². The summed E-state index contributed by atoms with van der Waals surface area (Å²) in [5.74, 6) is 0. The van der Waals surface area contributed by atoms with E-state index in [2.05, 4.69) is 4.72 Å². The van der Waals surface area contributed by atoms with Crippen molar-refractivity contribution < 1.29 is 17.9 Å². The molecule has 0 spiro atoms. The summed E-state index contributed by atoms with van der Waals surface area (Å²) in [4.78, 5) is 0. The van der Waals surface area contributed by atoms with Gasteiger partial charge in [0.25, 0.3) is 0 Å². The molecule has 1 N–H and O–H groups in total. The van der Waals surface area contributed by atoms with E-state index in [1.54, 1.807) is 20.8 Å². The highest BCUT2D eigenvalue weighted by Gasteiger charge is 2.29. The fraction of sp³-hybridized carbons (Fsp3) is 1.00. The van der Waals surface area contributed by atoms with Crippen LogP contribution in [0.25, 0.3) is 0 Å². The SMILES string of the molecule is COC(CNS(=O)(=O)C(C)(C)C)OC. The van der Waals surface area contributed by atoms with Crippen molar-refractivity contribution in [3.8, 4) is 0 Å². The lowest BCUT2D eigenvalue weighted by Gasteiger charge is -2.21. The van der Waals surface area contributed by atoms with Crippen molar-refractivity contribution in [1.29, 1.82) is 0 Å². The zero-order chi connectivity index (χ0) is 11.4. The van der Waals surface area contributed by atoms with Crippen molar-refractivity contribution in [3.63, 3.8) is 0 Å². The highest BCUT2D eigenvalue weighted by molar-refractivity contribution is 7.90. The summed E-state index contributed by atoms with van der Waals surface area (Å²) in [5.41, 5.74) is 0. The van der Waals surface area contributed by atoms with Crippen molar-refractivity contribution in [1.82, 2.24) is 4.72 Å². The topological polar surface area (TPSA) is 64.6 Å². The Morgan fingerprint density at radius 1 is 1.21 bits per heavy atom. The summed E-state index contributed by atoms with van der Waals surface area (Å²) >= 11 is 0. The molecule has 0 saturated heterocycles. The fourth-order valence-electron chi connectivity index (χ4n) is 0.657. The van der Waals surface area contributed by atoms with E-state index in [4.69, 9.17) is 9.47 Å². The molecule has 0 radical (unpaired) electrons. The fourth-order valence-corrected chi connectivity index (χ4v) is 1.45. The van der Waals surface area contributed by atoms with Gasteiger partial charge in [-0.05, 0) is 20.8 Å². The highest BCUT2D eigenvalue weighted by atomic mass is 32.2. The van der Waals surface area contributed by atoms with Crippen LogP contribution in [0.5, 0.6) is 0 Å². The maximum atomic E-state index is 11.6. The second kappa shape index (κ2) is 5.06. The molecule has 0 unspecified atom stereocenters. The van der Waals surface area contributed by atoms with Gasteiger partial charge in [0.2, 0.25) is 10.0 Å². The standard InChI is InChI=1S/C8H19NO4S/c1-8(2,3)14(10,11)9-6-7(12-4)13-5/h7,9H,6H2,1-5H3. The van der Waals surface area contributed by atoms with Gasteiger partial charge in [-0.25, -0.2) is 13.1 Å². The van der Waals surface area contributed by atoms with Crippen molar-refractivity contribution in [2.24, 2.45) is 0 Å². The van der Waals surface area contributed by atoms with Crippen LogP contribution in [-0.2, 0) is 19.5 Å². The highest BCUT2D eigenvalue weighted by Crippen LogP contribution is 2.12. The molecule has 5 nitrogen and oxygen atoms in total. The molecule has 0 amide bonds. The molecule has 0 aromatic heterocycles. The van der Waals surface area contributed by atoms with Gasteiger partial charge in [0, 0.05) is 14.2 Å². The molecule has 0 aliphatic rings. The minimum atomic E-state index is -3.32. The summed E-state index contributed by atoms with van der Waals surface area (Å²) in [6, 6.07) is 0. The molecule has 0 bridgehead atoms. The molecule has 0 atom stereocenters. The van der Waals surface area contributed by atoms with Crippen LogP contribution in [0.2, 0.25) is 0 Å². The molecule has 6 heteroatoms. The maximum absolute atomic E-state index is 11.6. The second-order valence-corrected chi connectivity index (χ2v) is 6.39. The zero-order valence-electron chi connectivity index (χ0n) is 9.33. The van der Waals surface area contributed by atoms with E-state index in [-0.39, 0.29) is 6.54 Å². The normalized spacial score (nSPS) is 13.6. The Morgan fingerprint density at radius 2 is 1.64 bits per heavy atom. The Labute approximate surface area is 85.8 Å². The summed E-state index contributed by atoms with van der Waals surface area (Å²) in [7, 11) is -0.407. The predicted molar refractivity (Wildman–Crippen MR) is 54.5 cm³/mol. The van der Waals surface area contributed by atoms with E-state index < -0.39 is 21.1 Å². The molecule has 0 heterocycles. The van der Waals surface area contributed by atoms with Crippen LogP contribution < -0.4 is 4.72 Å². The van der Waals surface area contributed by atoms with Crippen LogP contribution in [0, 0.1) is 0 Å². The first-order valence-electron chi connectivity index (χ1n) is 4.29. The average molecular weight is 225 g/mol. The van der Waals surface area contributed by atoms with Crippen molar-refractivity contribution >= 4 is 10.0 Å². The minimum absolute atomic E-state index is 0.118. The molecule has 0 aromatic rings. The molecule has 0 aromatic carbocycles. The summed E-state index contributed by atoms with van der Waals surface area (Å²) in [5, 5.41) is 0. The Hall–Kier alpha value is -0.170. The van der Waals surface area contributed by atoms with Crippen molar-refractivity contribution in [2.75, 3.05) is 20.8 Å². The van der Waals surface area contributed by atoms with Crippen LogP contribution in [0.4, 0.5) is 0 Å². The summed E-state index contributed by atoms with van der Waals surface area (Å²) in [6.07, 6.45) is -0.549. The molecule has 0 aliphatic heterocycles. The molecule has 14 heavy (non-hydrogen) atoms. The largest absolute Gasteiger partial charge is 0.355 e. The number of methoxy groups -OCH3 is 2. The lowest BCUT2D eigenvalue weighted by molar-refractivity contribution is -0.0961. The lowest BCUT2D eigenvalue weighted by Crippen LogP contribution is -2.43. The van der Waals surface area contributed by atoms with Crippen LogP contribution >= 0.6 is 0 Å². The Balaban J connectivity index is 4.27. The van der Waals surface area contributed by atoms with E-state index in [0.717, 1.165) is 0 Å². The Kier molecular flexibility index (Phi) is 5.00. The number of hydrogen-bond acceptors (Lipinski definition) is 4. The third-order valence-corrected chi connectivity index (χ3v) is 3.93. The number of nitrogens with one attached hydrogen (secondary N) is 1. The molecule has 0 fully saturated rings. The first-order chi connectivity index (χ1) is 6.24. The van der Waals surface area contributed by atoms with Gasteiger partial charge in [-0.15, -0.1) is 0 Å². The van der Waals surface area contributed by atoms with Crippen LogP contribution in [0.15, 0.2) is 0 Å². The lowest BCUT2D eigenvalue weighted by atomic mass is 10.3. The van der Waals surface area contributed by atoms with E-state index in [1.807, 2.05) is 0 Å². The number of hydrogen-bond donors (Lipinski definition) is 1. The van der Waals surface area contributed by atoms with Gasteiger partial charge in [-0.2, -0.15) is 0 Å². The van der Waals surface area contributed by atoms with E-state index in [0.29, 0.717) is 0 Å². The Morgan fingerprint density at radius 3 is 1.93 bits per heavy atom. The third-order valence-electron chi connectivity index (χ3n) is 1.77. The molecular formula is C8H19NO4S. The van der Waals surface area contributed by atoms with Crippen molar-refractivity contribution in [2.45, 2.75) is 31.8 Å². The molecule has 0 rings (SSSR count). The van der Waals surface area contributed by atoms with Gasteiger partial charge in [-0.3, -0.25) is 0 Å². The van der Waals surface area contributed by atoms with Crippen molar-refractivity contribution in [3.05, 3.63) is 0 Å². The van der Waals surface area contributed by atoms with Gasteiger partial charge >= 0.3 is 0 Å². The molecular weight excluding hydrogens is 206 g/mol. The van der Waals surface area contributed by atoms with Gasteiger partial charge < -0.3 is 9.47 Å². The second-order valence-electron chi connectivity index (χ2n) is 3.87. The van der Waals surface area contributed by atoms with Crippen LogP contribution in [0.3, 0.4) is 0 Å².